The Hall–Kier alpha value is -1.68. The van der Waals surface area contributed by atoms with Crippen LogP contribution in [0.1, 0.15) is 27.9 Å². The third kappa shape index (κ3) is 2.48. The van der Waals surface area contributed by atoms with Crippen molar-refractivity contribution in [2.45, 2.75) is 19.8 Å². The van der Waals surface area contributed by atoms with Gasteiger partial charge in [-0.3, -0.25) is 4.79 Å². The summed E-state index contributed by atoms with van der Waals surface area (Å²) in [7, 11) is 0. The first-order valence-corrected chi connectivity index (χ1v) is 7.47. The van der Waals surface area contributed by atoms with Gasteiger partial charge in [-0.05, 0) is 59.5 Å². The van der Waals surface area contributed by atoms with Crippen LogP contribution in [0.25, 0.3) is 0 Å². The number of fused-ring (bicyclic) bond motifs is 1. The first-order valence-electron chi connectivity index (χ1n) is 6.68. The van der Waals surface area contributed by atoms with Crippen LogP contribution in [0.4, 0.5) is 5.69 Å². The number of rotatable bonds is 1. The van der Waals surface area contributed by atoms with Gasteiger partial charge in [-0.15, -0.1) is 0 Å². The fourth-order valence-electron chi connectivity index (χ4n) is 2.60. The lowest BCUT2D eigenvalue weighted by Gasteiger charge is -2.29. The van der Waals surface area contributed by atoms with Crippen molar-refractivity contribution in [1.82, 2.24) is 4.98 Å². The highest BCUT2D eigenvalue weighted by Gasteiger charge is 2.23. The highest BCUT2D eigenvalue weighted by Crippen LogP contribution is 2.29. The van der Waals surface area contributed by atoms with E-state index in [9.17, 15) is 4.79 Å². The molecule has 0 atom stereocenters. The summed E-state index contributed by atoms with van der Waals surface area (Å²) < 4.78 is 0.740. The summed E-state index contributed by atoms with van der Waals surface area (Å²) in [4.78, 5) is 18.6. The first-order chi connectivity index (χ1) is 9.65. The zero-order valence-electron chi connectivity index (χ0n) is 11.3. The van der Waals surface area contributed by atoms with Gasteiger partial charge in [0.2, 0.25) is 0 Å². The first kappa shape index (κ1) is 13.3. The van der Waals surface area contributed by atoms with E-state index in [-0.39, 0.29) is 5.91 Å². The van der Waals surface area contributed by atoms with Gasteiger partial charge in [0.05, 0.1) is 5.56 Å². The number of anilines is 1. The number of carbonyl (C=O) groups excluding carboxylic acids is 1. The number of amides is 1. The van der Waals surface area contributed by atoms with Crippen molar-refractivity contribution in [2.75, 3.05) is 11.4 Å². The minimum absolute atomic E-state index is 0.0230. The summed E-state index contributed by atoms with van der Waals surface area (Å²) in [6.07, 6.45) is 3.67. The van der Waals surface area contributed by atoms with Crippen LogP contribution < -0.4 is 4.90 Å². The van der Waals surface area contributed by atoms with Crippen molar-refractivity contribution in [3.05, 3.63) is 57.8 Å². The third-order valence-corrected chi connectivity index (χ3v) is 4.04. The van der Waals surface area contributed by atoms with E-state index in [1.807, 2.05) is 17.0 Å². The van der Waals surface area contributed by atoms with Crippen LogP contribution in [0.15, 0.2) is 41.1 Å². The van der Waals surface area contributed by atoms with E-state index in [2.05, 4.69) is 40.0 Å². The molecule has 0 saturated heterocycles. The molecular formula is C16H15BrN2O. The average Bonchev–Trinajstić information content (AvgIpc) is 2.46. The van der Waals surface area contributed by atoms with E-state index < -0.39 is 0 Å². The quantitative estimate of drug-likeness (QED) is 0.746. The Bertz CT molecular complexity index is 652. The van der Waals surface area contributed by atoms with Crippen LogP contribution in [-0.2, 0) is 6.42 Å². The fourth-order valence-corrected chi connectivity index (χ4v) is 2.83. The van der Waals surface area contributed by atoms with Gasteiger partial charge in [-0.25, -0.2) is 4.98 Å². The molecule has 1 aromatic carbocycles. The number of pyridine rings is 1. The molecule has 3 rings (SSSR count). The summed E-state index contributed by atoms with van der Waals surface area (Å²) in [5, 5.41) is 0. The SMILES string of the molecule is Cc1ccc2c(c1)CCCN2C(=O)c1ccc(Br)nc1. The second-order valence-corrected chi connectivity index (χ2v) is 5.87. The van der Waals surface area contributed by atoms with Crippen molar-refractivity contribution in [3.8, 4) is 0 Å². The van der Waals surface area contributed by atoms with Crippen molar-refractivity contribution in [1.29, 1.82) is 0 Å². The fraction of sp³-hybridized carbons (Fsp3) is 0.250. The molecule has 0 radical (unpaired) electrons. The largest absolute Gasteiger partial charge is 0.308 e. The molecule has 1 aliphatic heterocycles. The Morgan fingerprint density at radius 2 is 2.15 bits per heavy atom. The molecule has 20 heavy (non-hydrogen) atoms. The number of aryl methyl sites for hydroxylation is 2. The lowest BCUT2D eigenvalue weighted by Crippen LogP contribution is -2.35. The monoisotopic (exact) mass is 330 g/mol. The maximum absolute atomic E-state index is 12.6. The predicted octanol–water partition coefficient (Wildman–Crippen LogP) is 3.75. The zero-order chi connectivity index (χ0) is 14.1. The molecule has 3 nitrogen and oxygen atoms in total. The van der Waals surface area contributed by atoms with Crippen molar-refractivity contribution in [2.24, 2.45) is 0 Å². The molecule has 0 spiro atoms. The van der Waals surface area contributed by atoms with Gasteiger partial charge in [0.1, 0.15) is 4.60 Å². The summed E-state index contributed by atoms with van der Waals surface area (Å²) in [6, 6.07) is 9.89. The molecular weight excluding hydrogens is 316 g/mol. The molecule has 2 heterocycles. The number of carbonyl (C=O) groups is 1. The molecule has 102 valence electrons. The topological polar surface area (TPSA) is 33.2 Å². The Kier molecular flexibility index (Phi) is 3.57. The van der Waals surface area contributed by atoms with E-state index in [1.54, 1.807) is 12.3 Å². The van der Waals surface area contributed by atoms with Crippen LogP contribution in [0, 0.1) is 6.92 Å². The average molecular weight is 331 g/mol. The van der Waals surface area contributed by atoms with Crippen LogP contribution in [0.2, 0.25) is 0 Å². The number of halogens is 1. The van der Waals surface area contributed by atoms with Gasteiger partial charge >= 0.3 is 0 Å². The minimum atomic E-state index is 0.0230. The molecule has 4 heteroatoms. The molecule has 0 N–H and O–H groups in total. The second kappa shape index (κ2) is 5.37. The van der Waals surface area contributed by atoms with Crippen molar-refractivity contribution >= 4 is 27.5 Å². The Labute approximate surface area is 126 Å². The summed E-state index contributed by atoms with van der Waals surface area (Å²) in [5.41, 5.74) is 4.16. The maximum atomic E-state index is 12.6. The van der Waals surface area contributed by atoms with Gasteiger partial charge < -0.3 is 4.90 Å². The Morgan fingerprint density at radius 3 is 2.90 bits per heavy atom. The lowest BCUT2D eigenvalue weighted by atomic mass is 9.99. The highest BCUT2D eigenvalue weighted by atomic mass is 79.9. The molecule has 0 bridgehead atoms. The third-order valence-electron chi connectivity index (χ3n) is 3.57. The molecule has 1 aliphatic rings. The minimum Gasteiger partial charge on any atom is -0.308 e. The molecule has 1 aromatic heterocycles. The molecule has 1 amide bonds. The number of hydrogen-bond acceptors (Lipinski definition) is 2. The molecule has 0 fully saturated rings. The van der Waals surface area contributed by atoms with E-state index >= 15 is 0 Å². The van der Waals surface area contributed by atoms with Crippen LogP contribution in [0.3, 0.4) is 0 Å². The molecule has 2 aromatic rings. The van der Waals surface area contributed by atoms with E-state index in [4.69, 9.17) is 0 Å². The summed E-state index contributed by atoms with van der Waals surface area (Å²) >= 11 is 3.29. The normalized spacial score (nSPS) is 14.0. The lowest BCUT2D eigenvalue weighted by molar-refractivity contribution is 0.0984. The number of aromatic nitrogens is 1. The molecule has 0 saturated carbocycles. The standard InChI is InChI=1S/C16H15BrN2O/c1-11-4-6-14-12(9-11)3-2-8-19(14)16(20)13-5-7-15(17)18-10-13/h4-7,9-10H,2-3,8H2,1H3. The summed E-state index contributed by atoms with van der Waals surface area (Å²) in [6.45, 7) is 2.85. The van der Waals surface area contributed by atoms with Gasteiger partial charge in [0, 0.05) is 18.4 Å². The number of benzene rings is 1. The number of nitrogens with zero attached hydrogens (tertiary/aromatic N) is 2. The van der Waals surface area contributed by atoms with Gasteiger partial charge in [-0.1, -0.05) is 17.7 Å². The van der Waals surface area contributed by atoms with Crippen molar-refractivity contribution < 1.29 is 4.79 Å². The van der Waals surface area contributed by atoms with Gasteiger partial charge in [0.25, 0.3) is 5.91 Å². The molecule has 0 aliphatic carbocycles. The van der Waals surface area contributed by atoms with Crippen molar-refractivity contribution in [3.63, 3.8) is 0 Å². The Balaban J connectivity index is 1.96. The highest BCUT2D eigenvalue weighted by molar-refractivity contribution is 9.10. The predicted molar refractivity (Wildman–Crippen MR) is 83.1 cm³/mol. The Morgan fingerprint density at radius 1 is 1.30 bits per heavy atom. The van der Waals surface area contributed by atoms with Gasteiger partial charge in [0.15, 0.2) is 0 Å². The molecule has 0 unspecified atom stereocenters. The van der Waals surface area contributed by atoms with Crippen LogP contribution >= 0.6 is 15.9 Å². The van der Waals surface area contributed by atoms with E-state index in [0.717, 1.165) is 29.7 Å². The second-order valence-electron chi connectivity index (χ2n) is 5.06. The summed E-state index contributed by atoms with van der Waals surface area (Å²) in [5.74, 6) is 0.0230. The van der Waals surface area contributed by atoms with Crippen LogP contribution in [0.5, 0.6) is 0 Å². The van der Waals surface area contributed by atoms with Crippen LogP contribution in [-0.4, -0.2) is 17.4 Å². The van der Waals surface area contributed by atoms with E-state index in [1.165, 1.54) is 11.1 Å². The van der Waals surface area contributed by atoms with Gasteiger partial charge in [-0.2, -0.15) is 0 Å². The number of hydrogen-bond donors (Lipinski definition) is 0. The smallest absolute Gasteiger partial charge is 0.259 e. The zero-order valence-corrected chi connectivity index (χ0v) is 12.9. The van der Waals surface area contributed by atoms with E-state index in [0.29, 0.717) is 5.56 Å². The maximum Gasteiger partial charge on any atom is 0.259 e.